The maximum absolute atomic E-state index is 13.5. The van der Waals surface area contributed by atoms with E-state index in [1.165, 1.54) is 0 Å². The van der Waals surface area contributed by atoms with Crippen molar-refractivity contribution in [1.29, 1.82) is 0 Å². The molecule has 178 valence electrons. The molecule has 4 heterocycles. The van der Waals surface area contributed by atoms with Gasteiger partial charge in [-0.05, 0) is 70.5 Å². The predicted molar refractivity (Wildman–Crippen MR) is 129 cm³/mol. The first-order chi connectivity index (χ1) is 16.0. The molecule has 0 aliphatic carbocycles. The Bertz CT molecular complexity index is 969. The zero-order valence-corrected chi connectivity index (χ0v) is 19.8. The second-order valence-electron chi connectivity index (χ2n) is 9.01. The van der Waals surface area contributed by atoms with Crippen LogP contribution in [0.3, 0.4) is 0 Å². The van der Waals surface area contributed by atoms with Gasteiger partial charge in [0.25, 0.3) is 5.91 Å². The fourth-order valence-electron chi connectivity index (χ4n) is 4.88. The van der Waals surface area contributed by atoms with Crippen molar-refractivity contribution in [2.24, 2.45) is 0 Å². The predicted octanol–water partition coefficient (Wildman–Crippen LogP) is 2.72. The van der Waals surface area contributed by atoms with Gasteiger partial charge in [-0.25, -0.2) is 9.97 Å². The normalized spacial score (nSPS) is 23.5. The van der Waals surface area contributed by atoms with Crippen molar-refractivity contribution in [3.05, 3.63) is 36.2 Å². The molecule has 1 amide bonds. The SMILES string of the molecule is CCOc1ncccc1-c1ccc(N2CC[C@@H](O)C[C@H]2CC)c(C(=O)N[C@H]2CCN(C)C2)n1. The van der Waals surface area contributed by atoms with Crippen molar-refractivity contribution in [2.75, 3.05) is 38.2 Å². The molecule has 4 rings (SSSR count). The number of hydrogen-bond acceptors (Lipinski definition) is 7. The van der Waals surface area contributed by atoms with E-state index >= 15 is 0 Å². The molecular weight excluding hydrogens is 418 g/mol. The van der Waals surface area contributed by atoms with Crippen molar-refractivity contribution in [2.45, 2.75) is 57.7 Å². The molecule has 0 bridgehead atoms. The molecule has 2 aliphatic heterocycles. The third-order valence-corrected chi connectivity index (χ3v) is 6.61. The summed E-state index contributed by atoms with van der Waals surface area (Å²) in [5.74, 6) is 0.353. The summed E-state index contributed by atoms with van der Waals surface area (Å²) in [5, 5.41) is 13.4. The average Bonchev–Trinajstić information content (AvgIpc) is 3.23. The van der Waals surface area contributed by atoms with E-state index in [1.807, 2.05) is 31.2 Å². The highest BCUT2D eigenvalue weighted by Crippen LogP contribution is 2.33. The van der Waals surface area contributed by atoms with Crippen LogP contribution >= 0.6 is 0 Å². The molecule has 0 unspecified atom stereocenters. The van der Waals surface area contributed by atoms with E-state index in [1.54, 1.807) is 6.20 Å². The third-order valence-electron chi connectivity index (χ3n) is 6.61. The molecule has 0 saturated carbocycles. The van der Waals surface area contributed by atoms with Gasteiger partial charge in [-0.1, -0.05) is 6.92 Å². The van der Waals surface area contributed by atoms with Crippen LogP contribution in [-0.4, -0.2) is 77.4 Å². The quantitative estimate of drug-likeness (QED) is 0.666. The number of aliphatic hydroxyl groups excluding tert-OH is 1. The van der Waals surface area contributed by atoms with E-state index < -0.39 is 0 Å². The summed E-state index contributed by atoms with van der Waals surface area (Å²) in [4.78, 5) is 27.2. The number of aromatic nitrogens is 2. The highest BCUT2D eigenvalue weighted by atomic mass is 16.5. The van der Waals surface area contributed by atoms with Crippen LogP contribution in [0.1, 0.15) is 50.0 Å². The zero-order valence-electron chi connectivity index (χ0n) is 19.8. The number of anilines is 1. The van der Waals surface area contributed by atoms with Crippen LogP contribution in [-0.2, 0) is 0 Å². The van der Waals surface area contributed by atoms with Gasteiger partial charge in [0.05, 0.1) is 29.7 Å². The molecule has 2 N–H and O–H groups in total. The lowest BCUT2D eigenvalue weighted by atomic mass is 9.96. The molecule has 0 aromatic carbocycles. The molecule has 2 aromatic rings. The van der Waals surface area contributed by atoms with Crippen LogP contribution in [0.4, 0.5) is 5.69 Å². The van der Waals surface area contributed by atoms with E-state index in [9.17, 15) is 9.90 Å². The highest BCUT2D eigenvalue weighted by Gasteiger charge is 2.31. The maximum Gasteiger partial charge on any atom is 0.272 e. The maximum atomic E-state index is 13.5. The highest BCUT2D eigenvalue weighted by molar-refractivity contribution is 5.99. The van der Waals surface area contributed by atoms with Crippen molar-refractivity contribution >= 4 is 11.6 Å². The lowest BCUT2D eigenvalue weighted by molar-refractivity contribution is 0.0933. The fraction of sp³-hybridized carbons (Fsp3) is 0.560. The Morgan fingerprint density at radius 3 is 2.82 bits per heavy atom. The Morgan fingerprint density at radius 1 is 1.24 bits per heavy atom. The third kappa shape index (κ3) is 5.28. The van der Waals surface area contributed by atoms with Crippen LogP contribution in [0.5, 0.6) is 5.88 Å². The molecule has 8 heteroatoms. The van der Waals surface area contributed by atoms with Crippen LogP contribution in [0, 0.1) is 0 Å². The number of aliphatic hydroxyl groups is 1. The Balaban J connectivity index is 1.72. The molecule has 2 aliphatic rings. The number of carbonyl (C=O) groups is 1. The molecule has 0 spiro atoms. The number of amides is 1. The summed E-state index contributed by atoms with van der Waals surface area (Å²) in [5.41, 5.74) is 2.67. The first-order valence-electron chi connectivity index (χ1n) is 12.0. The lowest BCUT2D eigenvalue weighted by Gasteiger charge is -2.39. The summed E-state index contributed by atoms with van der Waals surface area (Å²) >= 11 is 0. The molecule has 2 saturated heterocycles. The second kappa shape index (κ2) is 10.5. The second-order valence-corrected chi connectivity index (χ2v) is 9.01. The van der Waals surface area contributed by atoms with Gasteiger partial charge in [0.1, 0.15) is 0 Å². The number of piperidine rings is 1. The zero-order chi connectivity index (χ0) is 23.4. The number of hydrogen-bond donors (Lipinski definition) is 2. The van der Waals surface area contributed by atoms with Gasteiger partial charge in [0.2, 0.25) is 5.88 Å². The Kier molecular flexibility index (Phi) is 7.45. The fourth-order valence-corrected chi connectivity index (χ4v) is 4.88. The van der Waals surface area contributed by atoms with Gasteiger partial charge in [0.15, 0.2) is 5.69 Å². The summed E-state index contributed by atoms with van der Waals surface area (Å²) in [6, 6.07) is 7.97. The largest absolute Gasteiger partial charge is 0.477 e. The lowest BCUT2D eigenvalue weighted by Crippen LogP contribution is -2.45. The van der Waals surface area contributed by atoms with Crippen molar-refractivity contribution in [1.82, 2.24) is 20.2 Å². The minimum Gasteiger partial charge on any atom is -0.477 e. The van der Waals surface area contributed by atoms with Gasteiger partial charge in [-0.2, -0.15) is 0 Å². The molecule has 8 nitrogen and oxygen atoms in total. The van der Waals surface area contributed by atoms with E-state index in [-0.39, 0.29) is 24.1 Å². The van der Waals surface area contributed by atoms with Crippen LogP contribution in [0.25, 0.3) is 11.3 Å². The molecule has 33 heavy (non-hydrogen) atoms. The molecule has 0 radical (unpaired) electrons. The molecular formula is C25H35N5O3. The number of pyridine rings is 2. The molecule has 2 fully saturated rings. The van der Waals surface area contributed by atoms with Gasteiger partial charge in [0, 0.05) is 31.4 Å². The minimum absolute atomic E-state index is 0.114. The molecule has 2 aromatic heterocycles. The standard InChI is InChI=1S/C25H35N5O3/c1-4-18-15-19(31)11-14-30(18)22-9-8-21(20-7-6-12-26-25(20)33-5-2)28-23(22)24(32)27-17-10-13-29(3)16-17/h6-9,12,17-19,31H,4-5,10-11,13-16H2,1-3H3,(H,27,32)/t17-,18+,19+/m0/s1. The van der Waals surface area contributed by atoms with E-state index in [4.69, 9.17) is 9.72 Å². The topological polar surface area (TPSA) is 90.8 Å². The Morgan fingerprint density at radius 2 is 2.09 bits per heavy atom. The van der Waals surface area contributed by atoms with E-state index in [0.717, 1.165) is 37.2 Å². The summed E-state index contributed by atoms with van der Waals surface area (Å²) in [6.07, 6.45) is 4.60. The number of rotatable bonds is 7. The number of nitrogens with one attached hydrogen (secondary N) is 1. The van der Waals surface area contributed by atoms with Gasteiger partial charge in [-0.15, -0.1) is 0 Å². The van der Waals surface area contributed by atoms with Gasteiger partial charge >= 0.3 is 0 Å². The number of likely N-dealkylation sites (tertiary alicyclic amines) is 1. The van der Waals surface area contributed by atoms with Crippen LogP contribution in [0.2, 0.25) is 0 Å². The summed E-state index contributed by atoms with van der Waals surface area (Å²) in [7, 11) is 2.07. The summed E-state index contributed by atoms with van der Waals surface area (Å²) < 4.78 is 5.71. The van der Waals surface area contributed by atoms with Crippen molar-refractivity contribution in [3.63, 3.8) is 0 Å². The van der Waals surface area contributed by atoms with Crippen molar-refractivity contribution < 1.29 is 14.6 Å². The number of carbonyl (C=O) groups excluding carboxylic acids is 1. The number of likely N-dealkylation sites (N-methyl/N-ethyl adjacent to an activating group) is 1. The average molecular weight is 454 g/mol. The number of nitrogens with zero attached hydrogens (tertiary/aromatic N) is 4. The minimum atomic E-state index is -0.297. The van der Waals surface area contributed by atoms with Crippen molar-refractivity contribution in [3.8, 4) is 17.1 Å². The monoisotopic (exact) mass is 453 g/mol. The van der Waals surface area contributed by atoms with Crippen LogP contribution < -0.4 is 15.0 Å². The molecule has 3 atom stereocenters. The number of ether oxygens (including phenoxy) is 1. The van der Waals surface area contributed by atoms with Gasteiger partial charge in [-0.3, -0.25) is 4.79 Å². The Labute approximate surface area is 196 Å². The van der Waals surface area contributed by atoms with E-state index in [2.05, 4.69) is 34.1 Å². The van der Waals surface area contributed by atoms with Gasteiger partial charge < -0.3 is 25.0 Å². The Hall–Kier alpha value is -2.71. The summed E-state index contributed by atoms with van der Waals surface area (Å²) in [6.45, 7) is 7.05. The first kappa shape index (κ1) is 23.4. The van der Waals surface area contributed by atoms with Crippen LogP contribution in [0.15, 0.2) is 30.5 Å². The van der Waals surface area contributed by atoms with E-state index in [0.29, 0.717) is 43.3 Å². The smallest absolute Gasteiger partial charge is 0.272 e. The first-order valence-corrected chi connectivity index (χ1v) is 12.0.